The number of hydrogen-bond acceptors (Lipinski definition) is 8. The van der Waals surface area contributed by atoms with E-state index in [1.807, 2.05) is 36.4 Å². The first-order valence-electron chi connectivity index (χ1n) is 12.0. The van der Waals surface area contributed by atoms with Crippen molar-refractivity contribution in [2.75, 3.05) is 25.1 Å². The Morgan fingerprint density at radius 3 is 2.66 bits per heavy atom. The van der Waals surface area contributed by atoms with Gasteiger partial charge in [0.05, 0.1) is 13.3 Å². The second kappa shape index (κ2) is 8.00. The summed E-state index contributed by atoms with van der Waals surface area (Å²) in [6, 6.07) is 13.4. The van der Waals surface area contributed by atoms with Crippen LogP contribution in [0.5, 0.6) is 5.88 Å². The Morgan fingerprint density at radius 1 is 1.14 bits per heavy atom. The summed E-state index contributed by atoms with van der Waals surface area (Å²) < 4.78 is 5.31. The molecule has 180 valence electrons. The maximum atomic E-state index is 11.2. The molecule has 0 saturated carbocycles. The fourth-order valence-electron chi connectivity index (χ4n) is 5.66. The molecular weight excluding hydrogens is 442 g/mol. The lowest BCUT2D eigenvalue weighted by Gasteiger charge is -2.42. The van der Waals surface area contributed by atoms with Crippen LogP contribution < -0.4 is 15.4 Å². The normalized spacial score (nSPS) is 20.7. The Kier molecular flexibility index (Phi) is 5.01. The van der Waals surface area contributed by atoms with Gasteiger partial charge in [0.2, 0.25) is 5.88 Å². The molecule has 0 bridgehead atoms. The van der Waals surface area contributed by atoms with Crippen molar-refractivity contribution in [1.82, 2.24) is 25.1 Å². The zero-order valence-electron chi connectivity index (χ0n) is 19.9. The van der Waals surface area contributed by atoms with Crippen LogP contribution in [-0.4, -0.2) is 50.5 Å². The maximum Gasteiger partial charge on any atom is 0.213 e. The van der Waals surface area contributed by atoms with Crippen LogP contribution in [0.4, 0.5) is 5.82 Å². The second-order valence-electron chi connectivity index (χ2n) is 9.83. The number of pyridine rings is 1. The summed E-state index contributed by atoms with van der Waals surface area (Å²) in [6.07, 6.45) is 4.54. The molecule has 6 rings (SSSR count). The van der Waals surface area contributed by atoms with E-state index in [0.717, 1.165) is 55.0 Å². The number of aliphatic hydroxyl groups is 1. The average Bonchev–Trinajstić information content (AvgIpc) is 3.44. The van der Waals surface area contributed by atoms with Crippen LogP contribution in [-0.2, 0) is 12.0 Å². The van der Waals surface area contributed by atoms with Crippen LogP contribution in [0.2, 0.25) is 0 Å². The highest BCUT2D eigenvalue weighted by molar-refractivity contribution is 5.76. The molecule has 1 fully saturated rings. The fourth-order valence-corrected chi connectivity index (χ4v) is 5.66. The second-order valence-corrected chi connectivity index (χ2v) is 9.83. The minimum absolute atomic E-state index is 0.00523. The van der Waals surface area contributed by atoms with Gasteiger partial charge in [-0.15, -0.1) is 0 Å². The van der Waals surface area contributed by atoms with E-state index in [0.29, 0.717) is 22.7 Å². The van der Waals surface area contributed by atoms with Crippen molar-refractivity contribution in [2.24, 2.45) is 11.1 Å². The molecule has 1 spiro atoms. The Balaban J connectivity index is 1.22. The van der Waals surface area contributed by atoms with Crippen molar-refractivity contribution in [3.8, 4) is 5.88 Å². The van der Waals surface area contributed by atoms with Crippen molar-refractivity contribution >= 4 is 17.0 Å². The lowest BCUT2D eigenvalue weighted by molar-refractivity contribution is 0.0986. The SMILES string of the molecule is COc1ccc2c(n1)CC1(CCN(c3cnc4c(C(C)(O)c5ccccc5)n[nH]c4n3)CC1)[C@@H]2N. The van der Waals surface area contributed by atoms with Crippen LogP contribution in [0, 0.1) is 5.41 Å². The molecule has 1 aromatic carbocycles. The van der Waals surface area contributed by atoms with E-state index in [1.165, 1.54) is 0 Å². The maximum absolute atomic E-state index is 11.2. The van der Waals surface area contributed by atoms with E-state index < -0.39 is 5.60 Å². The van der Waals surface area contributed by atoms with E-state index in [1.54, 1.807) is 20.2 Å². The number of rotatable bonds is 4. The lowest BCUT2D eigenvalue weighted by Crippen LogP contribution is -2.44. The van der Waals surface area contributed by atoms with E-state index >= 15 is 0 Å². The third-order valence-electron chi connectivity index (χ3n) is 7.85. The Labute approximate surface area is 203 Å². The number of nitrogens with zero attached hydrogens (tertiary/aromatic N) is 5. The molecule has 1 saturated heterocycles. The number of piperidine rings is 1. The molecule has 1 aliphatic heterocycles. The molecule has 0 radical (unpaired) electrons. The smallest absolute Gasteiger partial charge is 0.213 e. The van der Waals surface area contributed by atoms with Gasteiger partial charge in [0.1, 0.15) is 22.6 Å². The van der Waals surface area contributed by atoms with E-state index in [4.69, 9.17) is 15.5 Å². The molecule has 0 amide bonds. The fraction of sp³-hybridized carbons (Fsp3) is 0.385. The van der Waals surface area contributed by atoms with Gasteiger partial charge >= 0.3 is 0 Å². The predicted molar refractivity (Wildman–Crippen MR) is 132 cm³/mol. The summed E-state index contributed by atoms with van der Waals surface area (Å²) in [4.78, 5) is 16.4. The molecule has 4 heterocycles. The van der Waals surface area contributed by atoms with Gasteiger partial charge in [0.25, 0.3) is 0 Å². The highest BCUT2D eigenvalue weighted by Crippen LogP contribution is 2.50. The van der Waals surface area contributed by atoms with Crippen molar-refractivity contribution < 1.29 is 9.84 Å². The summed E-state index contributed by atoms with van der Waals surface area (Å²) in [5.41, 5.74) is 10.0. The predicted octanol–water partition coefficient (Wildman–Crippen LogP) is 2.86. The number of aromatic nitrogens is 5. The molecule has 9 heteroatoms. The minimum atomic E-state index is -1.28. The molecule has 3 aromatic heterocycles. The number of nitrogens with one attached hydrogen (secondary N) is 1. The summed E-state index contributed by atoms with van der Waals surface area (Å²) >= 11 is 0. The molecular formula is C26H29N7O2. The van der Waals surface area contributed by atoms with Gasteiger partial charge in [-0.2, -0.15) is 5.10 Å². The van der Waals surface area contributed by atoms with Crippen molar-refractivity contribution in [3.63, 3.8) is 0 Å². The van der Waals surface area contributed by atoms with Gasteiger partial charge in [-0.05, 0) is 42.7 Å². The van der Waals surface area contributed by atoms with Crippen LogP contribution in [0.15, 0.2) is 48.7 Å². The third kappa shape index (κ3) is 3.45. The highest BCUT2D eigenvalue weighted by Gasteiger charge is 2.47. The first-order chi connectivity index (χ1) is 16.9. The van der Waals surface area contributed by atoms with E-state index in [-0.39, 0.29) is 11.5 Å². The summed E-state index contributed by atoms with van der Waals surface area (Å²) in [6.45, 7) is 3.40. The van der Waals surface area contributed by atoms with Crippen LogP contribution >= 0.6 is 0 Å². The monoisotopic (exact) mass is 471 g/mol. The van der Waals surface area contributed by atoms with Gasteiger partial charge in [-0.1, -0.05) is 36.4 Å². The standard InChI is InChI=1S/C26H29N7O2/c1-25(34,16-6-4-3-5-7-16)23-21-24(32-31-23)30-19(15-28-21)33-12-10-26(11-13-33)14-18-17(22(26)27)8-9-20(29-18)35-2/h3-9,15,22,34H,10-14,27H2,1-2H3,(H,30,31,32)/t22-,25?/m1/s1. The number of ether oxygens (including phenoxy) is 1. The molecule has 4 N–H and O–H groups in total. The highest BCUT2D eigenvalue weighted by atomic mass is 16.5. The van der Waals surface area contributed by atoms with Gasteiger partial charge in [0, 0.05) is 30.9 Å². The van der Waals surface area contributed by atoms with Crippen LogP contribution in [0.3, 0.4) is 0 Å². The number of methoxy groups -OCH3 is 1. The number of nitrogens with two attached hydrogens (primary N) is 1. The van der Waals surface area contributed by atoms with Crippen LogP contribution in [0.25, 0.3) is 11.2 Å². The summed E-state index contributed by atoms with van der Waals surface area (Å²) in [5.74, 6) is 1.44. The zero-order valence-corrected chi connectivity index (χ0v) is 19.9. The van der Waals surface area contributed by atoms with Gasteiger partial charge < -0.3 is 20.5 Å². The molecule has 9 nitrogen and oxygen atoms in total. The molecule has 4 aromatic rings. The first-order valence-corrected chi connectivity index (χ1v) is 12.0. The lowest BCUT2D eigenvalue weighted by atomic mass is 9.73. The number of aromatic amines is 1. The molecule has 2 atom stereocenters. The van der Waals surface area contributed by atoms with Crippen molar-refractivity contribution in [3.05, 3.63) is 71.2 Å². The number of anilines is 1. The molecule has 1 aliphatic carbocycles. The van der Waals surface area contributed by atoms with E-state index in [2.05, 4.69) is 31.1 Å². The summed E-state index contributed by atoms with van der Waals surface area (Å²) in [5, 5.41) is 18.6. The molecule has 2 aliphatic rings. The first kappa shape index (κ1) is 21.9. The molecule has 35 heavy (non-hydrogen) atoms. The van der Waals surface area contributed by atoms with Crippen molar-refractivity contribution in [1.29, 1.82) is 0 Å². The quantitative estimate of drug-likeness (QED) is 0.415. The zero-order chi connectivity index (χ0) is 24.2. The van der Waals surface area contributed by atoms with Gasteiger partial charge in [-0.3, -0.25) is 5.10 Å². The number of hydrogen-bond donors (Lipinski definition) is 3. The number of H-pyrrole nitrogens is 1. The number of fused-ring (bicyclic) bond motifs is 2. The van der Waals surface area contributed by atoms with Crippen LogP contribution in [0.1, 0.15) is 48.3 Å². The minimum Gasteiger partial charge on any atom is -0.481 e. The van der Waals surface area contributed by atoms with Crippen molar-refractivity contribution in [2.45, 2.75) is 37.8 Å². The summed E-state index contributed by atoms with van der Waals surface area (Å²) in [7, 11) is 1.64. The number of benzene rings is 1. The topological polar surface area (TPSA) is 126 Å². The average molecular weight is 472 g/mol. The van der Waals surface area contributed by atoms with Gasteiger partial charge in [0.15, 0.2) is 5.65 Å². The third-order valence-corrected chi connectivity index (χ3v) is 7.85. The molecule has 1 unspecified atom stereocenters. The Hall–Kier alpha value is -3.56. The Morgan fingerprint density at radius 2 is 1.91 bits per heavy atom. The van der Waals surface area contributed by atoms with Gasteiger partial charge in [-0.25, -0.2) is 15.0 Å². The van der Waals surface area contributed by atoms with E-state index in [9.17, 15) is 5.11 Å². The Bertz CT molecular complexity index is 1380. The largest absolute Gasteiger partial charge is 0.481 e.